The van der Waals surface area contributed by atoms with Gasteiger partial charge in [0.15, 0.2) is 6.61 Å². The number of carbonyl (C=O) groups is 3. The topological polar surface area (TPSA) is 95.9 Å². The predicted octanol–water partition coefficient (Wildman–Crippen LogP) is 3.33. The number of ketones is 1. The van der Waals surface area contributed by atoms with Gasteiger partial charge in [0.05, 0.1) is 14.2 Å². The lowest BCUT2D eigenvalue weighted by Gasteiger charge is -2.10. The summed E-state index contributed by atoms with van der Waals surface area (Å²) in [5.41, 5.74) is 3.65. The summed E-state index contributed by atoms with van der Waals surface area (Å²) in [6.07, 6.45) is 0. The number of benzene rings is 2. The average molecular weight is 465 g/mol. The molecule has 178 valence electrons. The summed E-state index contributed by atoms with van der Waals surface area (Å²) >= 11 is 0. The summed E-state index contributed by atoms with van der Waals surface area (Å²) in [5, 5.41) is 2.48. The second-order valence-electron chi connectivity index (χ2n) is 7.72. The van der Waals surface area contributed by atoms with Gasteiger partial charge in [0.1, 0.15) is 18.0 Å². The van der Waals surface area contributed by atoms with Crippen LogP contribution in [0.3, 0.4) is 0 Å². The van der Waals surface area contributed by atoms with E-state index in [0.29, 0.717) is 23.6 Å². The third-order valence-corrected chi connectivity index (χ3v) is 5.43. The minimum atomic E-state index is -0.713. The summed E-state index contributed by atoms with van der Waals surface area (Å²) < 4.78 is 17.4. The van der Waals surface area contributed by atoms with E-state index in [-0.39, 0.29) is 17.9 Å². The van der Waals surface area contributed by atoms with E-state index in [1.165, 1.54) is 26.4 Å². The van der Waals surface area contributed by atoms with Crippen molar-refractivity contribution in [3.05, 3.63) is 82.7 Å². The highest BCUT2D eigenvalue weighted by molar-refractivity contribution is 6.00. The highest BCUT2D eigenvalue weighted by Crippen LogP contribution is 2.22. The first-order valence-corrected chi connectivity index (χ1v) is 10.7. The minimum absolute atomic E-state index is 0.269. The van der Waals surface area contributed by atoms with Gasteiger partial charge in [-0.2, -0.15) is 0 Å². The first-order valence-electron chi connectivity index (χ1n) is 10.7. The Bertz CT molecular complexity index is 1160. The Labute approximate surface area is 198 Å². The molecular weight excluding hydrogens is 436 g/mol. The molecule has 0 atom stereocenters. The molecule has 1 aromatic heterocycles. The molecule has 0 aliphatic rings. The molecule has 3 aromatic rings. The van der Waals surface area contributed by atoms with Gasteiger partial charge in [-0.15, -0.1) is 0 Å². The Kier molecular flexibility index (Phi) is 8.08. The van der Waals surface area contributed by atoms with Crippen LogP contribution in [-0.4, -0.2) is 49.6 Å². The predicted molar refractivity (Wildman–Crippen MR) is 127 cm³/mol. The van der Waals surface area contributed by atoms with Gasteiger partial charge in [-0.25, -0.2) is 0 Å². The first-order chi connectivity index (χ1) is 16.3. The van der Waals surface area contributed by atoms with Crippen molar-refractivity contribution in [2.75, 3.05) is 27.4 Å². The summed E-state index contributed by atoms with van der Waals surface area (Å²) in [6, 6.07) is 16.4. The molecule has 1 heterocycles. The molecule has 3 rings (SSSR count). The van der Waals surface area contributed by atoms with Crippen molar-refractivity contribution in [1.29, 1.82) is 0 Å². The summed E-state index contributed by atoms with van der Waals surface area (Å²) in [5.74, 6) is -0.616. The molecule has 0 saturated heterocycles. The standard InChI is InChI=1S/C26H28N2O6/c1-17-10-23(18(2)28(17)15-19-8-6-5-7-9-19)24(29)16-34-25(30)14-27-26(31)20-11-21(32-3)13-22(12-20)33-4/h5-13H,14-16H2,1-4H3,(H,27,31). The lowest BCUT2D eigenvalue weighted by molar-refractivity contribution is -0.141. The zero-order valence-electron chi connectivity index (χ0n) is 19.7. The first kappa shape index (κ1) is 24.6. The van der Waals surface area contributed by atoms with Crippen LogP contribution in [0.5, 0.6) is 11.5 Å². The number of esters is 1. The largest absolute Gasteiger partial charge is 0.497 e. The maximum atomic E-state index is 12.7. The molecule has 0 spiro atoms. The molecule has 1 amide bonds. The zero-order valence-corrected chi connectivity index (χ0v) is 19.7. The third kappa shape index (κ3) is 6.04. The number of ether oxygens (including phenoxy) is 3. The Balaban J connectivity index is 1.55. The number of methoxy groups -OCH3 is 2. The van der Waals surface area contributed by atoms with Gasteiger partial charge in [-0.1, -0.05) is 30.3 Å². The molecule has 8 nitrogen and oxygen atoms in total. The van der Waals surface area contributed by atoms with E-state index in [0.717, 1.165) is 17.0 Å². The van der Waals surface area contributed by atoms with Gasteiger partial charge >= 0.3 is 5.97 Å². The highest BCUT2D eigenvalue weighted by atomic mass is 16.5. The van der Waals surface area contributed by atoms with Gasteiger partial charge in [0, 0.05) is 35.1 Å². The molecule has 0 bridgehead atoms. The van der Waals surface area contributed by atoms with E-state index < -0.39 is 18.5 Å². The summed E-state index contributed by atoms with van der Waals surface area (Å²) in [6.45, 7) is 3.66. The van der Waals surface area contributed by atoms with Crippen LogP contribution < -0.4 is 14.8 Å². The molecule has 8 heteroatoms. The van der Waals surface area contributed by atoms with Crippen molar-refractivity contribution < 1.29 is 28.6 Å². The molecule has 0 unspecified atom stereocenters. The zero-order chi connectivity index (χ0) is 24.7. The van der Waals surface area contributed by atoms with E-state index in [1.807, 2.05) is 48.7 Å². The smallest absolute Gasteiger partial charge is 0.325 e. The number of nitrogens with one attached hydrogen (secondary N) is 1. The minimum Gasteiger partial charge on any atom is -0.497 e. The highest BCUT2D eigenvalue weighted by Gasteiger charge is 2.18. The Morgan fingerprint density at radius 3 is 2.18 bits per heavy atom. The van der Waals surface area contributed by atoms with Crippen molar-refractivity contribution >= 4 is 17.7 Å². The fourth-order valence-electron chi connectivity index (χ4n) is 3.56. The molecular formula is C26H28N2O6. The number of amides is 1. The van der Waals surface area contributed by atoms with Gasteiger partial charge < -0.3 is 24.1 Å². The van der Waals surface area contributed by atoms with Crippen LogP contribution in [0.4, 0.5) is 0 Å². The second-order valence-corrected chi connectivity index (χ2v) is 7.72. The molecule has 0 aliphatic carbocycles. The number of aryl methyl sites for hydroxylation is 1. The molecule has 34 heavy (non-hydrogen) atoms. The third-order valence-electron chi connectivity index (χ3n) is 5.43. The molecule has 0 fully saturated rings. The summed E-state index contributed by atoms with van der Waals surface area (Å²) in [7, 11) is 2.95. The lowest BCUT2D eigenvalue weighted by atomic mass is 10.1. The maximum absolute atomic E-state index is 12.7. The monoisotopic (exact) mass is 464 g/mol. The molecule has 0 aliphatic heterocycles. The van der Waals surface area contributed by atoms with Crippen molar-refractivity contribution in [3.63, 3.8) is 0 Å². The number of Topliss-reactive ketones (excluding diaryl/α,β-unsaturated/α-hetero) is 1. The van der Waals surface area contributed by atoms with Crippen molar-refractivity contribution in [2.45, 2.75) is 20.4 Å². The van der Waals surface area contributed by atoms with Crippen LogP contribution in [0, 0.1) is 13.8 Å². The molecule has 1 N–H and O–H groups in total. The van der Waals surface area contributed by atoms with E-state index >= 15 is 0 Å². The normalized spacial score (nSPS) is 10.5. The number of carbonyl (C=O) groups excluding carboxylic acids is 3. The van der Waals surface area contributed by atoms with Crippen molar-refractivity contribution in [1.82, 2.24) is 9.88 Å². The van der Waals surface area contributed by atoms with E-state index in [1.54, 1.807) is 12.1 Å². The lowest BCUT2D eigenvalue weighted by Crippen LogP contribution is -2.31. The van der Waals surface area contributed by atoms with Crippen LogP contribution >= 0.6 is 0 Å². The second kappa shape index (κ2) is 11.2. The van der Waals surface area contributed by atoms with E-state index in [2.05, 4.69) is 5.32 Å². The van der Waals surface area contributed by atoms with Gasteiger partial charge in [-0.05, 0) is 37.6 Å². The van der Waals surface area contributed by atoms with E-state index in [9.17, 15) is 14.4 Å². The Morgan fingerprint density at radius 2 is 1.56 bits per heavy atom. The fourth-order valence-corrected chi connectivity index (χ4v) is 3.56. The molecule has 0 radical (unpaired) electrons. The van der Waals surface area contributed by atoms with E-state index in [4.69, 9.17) is 14.2 Å². The fraction of sp³-hybridized carbons (Fsp3) is 0.269. The number of nitrogens with zero attached hydrogens (tertiary/aromatic N) is 1. The van der Waals surface area contributed by atoms with Gasteiger partial charge in [0.2, 0.25) is 5.78 Å². The quantitative estimate of drug-likeness (QED) is 0.365. The van der Waals surface area contributed by atoms with Crippen LogP contribution in [0.1, 0.15) is 37.7 Å². The Morgan fingerprint density at radius 1 is 0.912 bits per heavy atom. The van der Waals surface area contributed by atoms with Crippen molar-refractivity contribution in [3.8, 4) is 11.5 Å². The van der Waals surface area contributed by atoms with Gasteiger partial charge in [-0.3, -0.25) is 14.4 Å². The van der Waals surface area contributed by atoms with Crippen LogP contribution in [-0.2, 0) is 16.1 Å². The van der Waals surface area contributed by atoms with Crippen LogP contribution in [0.2, 0.25) is 0 Å². The number of hydrogen-bond donors (Lipinski definition) is 1. The Hall–Kier alpha value is -4.07. The van der Waals surface area contributed by atoms with Crippen LogP contribution in [0.25, 0.3) is 0 Å². The summed E-state index contributed by atoms with van der Waals surface area (Å²) in [4.78, 5) is 37.2. The number of rotatable bonds is 10. The molecule has 2 aromatic carbocycles. The van der Waals surface area contributed by atoms with Gasteiger partial charge in [0.25, 0.3) is 5.91 Å². The molecule has 0 saturated carbocycles. The average Bonchev–Trinajstić information content (AvgIpc) is 3.14. The SMILES string of the molecule is COc1cc(OC)cc(C(=O)NCC(=O)OCC(=O)c2cc(C)n(Cc3ccccc3)c2C)c1. The van der Waals surface area contributed by atoms with Crippen molar-refractivity contribution in [2.24, 2.45) is 0 Å². The number of hydrogen-bond acceptors (Lipinski definition) is 6. The number of aromatic nitrogens is 1. The maximum Gasteiger partial charge on any atom is 0.325 e. The van der Waals surface area contributed by atoms with Crippen LogP contribution in [0.15, 0.2) is 54.6 Å².